The van der Waals surface area contributed by atoms with Gasteiger partial charge >= 0.3 is 5.97 Å². The van der Waals surface area contributed by atoms with Gasteiger partial charge in [-0.1, -0.05) is 0 Å². The van der Waals surface area contributed by atoms with Gasteiger partial charge in [0.15, 0.2) is 8.32 Å². The standard InChI is InChI=1S/C9H21NO3Si/c1-12-9(11)8-10-6-5-7-14(3,4)13-2/h10H,5-8H2,1-4H3. The Morgan fingerprint density at radius 1 is 1.36 bits per heavy atom. The third-order valence-electron chi connectivity index (χ3n) is 2.18. The first kappa shape index (κ1) is 13.6. The largest absolute Gasteiger partial charge is 0.468 e. The predicted octanol–water partition coefficient (Wildman–Crippen LogP) is 0.991. The molecule has 0 amide bonds. The highest BCUT2D eigenvalue weighted by Gasteiger charge is 2.19. The van der Waals surface area contributed by atoms with Crippen molar-refractivity contribution >= 4 is 14.3 Å². The predicted molar refractivity (Wildman–Crippen MR) is 58.8 cm³/mol. The Labute approximate surface area is 87.1 Å². The molecule has 1 N–H and O–H groups in total. The van der Waals surface area contributed by atoms with Gasteiger partial charge < -0.3 is 14.5 Å². The van der Waals surface area contributed by atoms with Crippen molar-refractivity contribution in [2.24, 2.45) is 0 Å². The molecule has 0 aromatic rings. The van der Waals surface area contributed by atoms with E-state index in [1.165, 1.54) is 7.11 Å². The molecule has 0 atom stereocenters. The molecule has 0 aliphatic carbocycles. The SMILES string of the molecule is COC(=O)CNCCC[Si](C)(C)OC. The zero-order chi connectivity index (χ0) is 11.0. The molecule has 0 heterocycles. The summed E-state index contributed by atoms with van der Waals surface area (Å²) in [4.78, 5) is 10.7. The quantitative estimate of drug-likeness (QED) is 0.394. The normalized spacial score (nSPS) is 11.4. The van der Waals surface area contributed by atoms with Gasteiger partial charge in [-0.05, 0) is 32.1 Å². The van der Waals surface area contributed by atoms with Gasteiger partial charge in [0.25, 0.3) is 0 Å². The van der Waals surface area contributed by atoms with Crippen molar-refractivity contribution in [3.63, 3.8) is 0 Å². The zero-order valence-electron chi connectivity index (χ0n) is 9.55. The van der Waals surface area contributed by atoms with E-state index in [-0.39, 0.29) is 5.97 Å². The van der Waals surface area contributed by atoms with Crippen LogP contribution in [0.15, 0.2) is 0 Å². The molecular formula is C9H21NO3Si. The van der Waals surface area contributed by atoms with E-state index in [9.17, 15) is 4.79 Å². The molecule has 0 aliphatic heterocycles. The molecule has 0 aromatic heterocycles. The Morgan fingerprint density at radius 2 is 2.00 bits per heavy atom. The average Bonchev–Trinajstić information content (AvgIpc) is 2.17. The summed E-state index contributed by atoms with van der Waals surface area (Å²) in [5.41, 5.74) is 0. The van der Waals surface area contributed by atoms with E-state index >= 15 is 0 Å². The Bertz CT molecular complexity index is 173. The summed E-state index contributed by atoms with van der Waals surface area (Å²) >= 11 is 0. The fraction of sp³-hybridized carbons (Fsp3) is 0.889. The van der Waals surface area contributed by atoms with Crippen LogP contribution in [0.1, 0.15) is 6.42 Å². The van der Waals surface area contributed by atoms with Crippen LogP contribution in [0.25, 0.3) is 0 Å². The third kappa shape index (κ3) is 7.05. The second-order valence-electron chi connectivity index (χ2n) is 3.82. The second-order valence-corrected chi connectivity index (χ2v) is 8.25. The van der Waals surface area contributed by atoms with E-state index in [0.29, 0.717) is 6.54 Å². The summed E-state index contributed by atoms with van der Waals surface area (Å²) in [7, 11) is 1.75. The lowest BCUT2D eigenvalue weighted by molar-refractivity contribution is -0.139. The van der Waals surface area contributed by atoms with Gasteiger partial charge in [0.1, 0.15) is 0 Å². The van der Waals surface area contributed by atoms with Crippen molar-refractivity contribution in [1.82, 2.24) is 5.32 Å². The van der Waals surface area contributed by atoms with Crippen LogP contribution in [0.3, 0.4) is 0 Å². The summed E-state index contributed by atoms with van der Waals surface area (Å²) in [6.07, 6.45) is 1.05. The number of carbonyl (C=O) groups excluding carboxylic acids is 1. The number of esters is 1. The molecule has 0 fully saturated rings. The fourth-order valence-electron chi connectivity index (χ4n) is 1.00. The first-order chi connectivity index (χ1) is 6.52. The molecule has 14 heavy (non-hydrogen) atoms. The molecule has 0 saturated heterocycles. The number of hydrogen-bond donors (Lipinski definition) is 1. The minimum absolute atomic E-state index is 0.215. The molecule has 0 aliphatic rings. The lowest BCUT2D eigenvalue weighted by Gasteiger charge is -2.19. The fourth-order valence-corrected chi connectivity index (χ4v) is 2.24. The van der Waals surface area contributed by atoms with Gasteiger partial charge in [-0.25, -0.2) is 0 Å². The van der Waals surface area contributed by atoms with E-state index in [0.717, 1.165) is 19.0 Å². The van der Waals surface area contributed by atoms with Crippen molar-refractivity contribution in [1.29, 1.82) is 0 Å². The molecule has 5 heteroatoms. The van der Waals surface area contributed by atoms with Crippen LogP contribution >= 0.6 is 0 Å². The first-order valence-corrected chi connectivity index (χ1v) is 7.96. The average molecular weight is 219 g/mol. The van der Waals surface area contributed by atoms with Crippen molar-refractivity contribution in [3.8, 4) is 0 Å². The van der Waals surface area contributed by atoms with Crippen molar-refractivity contribution < 1.29 is 14.0 Å². The third-order valence-corrected chi connectivity index (χ3v) is 4.84. The maximum atomic E-state index is 10.7. The number of rotatable bonds is 7. The van der Waals surface area contributed by atoms with E-state index in [1.807, 2.05) is 0 Å². The summed E-state index contributed by atoms with van der Waals surface area (Å²) in [6.45, 7) is 5.51. The van der Waals surface area contributed by atoms with Crippen LogP contribution in [-0.4, -0.2) is 41.6 Å². The minimum Gasteiger partial charge on any atom is -0.468 e. The van der Waals surface area contributed by atoms with E-state index in [1.54, 1.807) is 7.11 Å². The monoisotopic (exact) mass is 219 g/mol. The summed E-state index contributed by atoms with van der Waals surface area (Å²) in [6, 6.07) is 1.11. The number of methoxy groups -OCH3 is 1. The van der Waals surface area contributed by atoms with Crippen LogP contribution < -0.4 is 5.32 Å². The highest BCUT2D eigenvalue weighted by atomic mass is 28.4. The molecule has 0 aromatic carbocycles. The van der Waals surface area contributed by atoms with Gasteiger partial charge in [0, 0.05) is 7.11 Å². The van der Waals surface area contributed by atoms with Gasteiger partial charge in [-0.3, -0.25) is 4.79 Å². The second kappa shape index (κ2) is 6.97. The summed E-state index contributed by atoms with van der Waals surface area (Å²) in [5.74, 6) is -0.215. The molecule has 0 saturated carbocycles. The van der Waals surface area contributed by atoms with Gasteiger partial charge in [-0.2, -0.15) is 0 Å². The zero-order valence-corrected chi connectivity index (χ0v) is 10.6. The van der Waals surface area contributed by atoms with Crippen LogP contribution in [-0.2, 0) is 14.0 Å². The summed E-state index contributed by atoms with van der Waals surface area (Å²) < 4.78 is 9.91. The lowest BCUT2D eigenvalue weighted by Crippen LogP contribution is -2.31. The van der Waals surface area contributed by atoms with E-state index < -0.39 is 8.32 Å². The van der Waals surface area contributed by atoms with Crippen LogP contribution in [0.4, 0.5) is 0 Å². The highest BCUT2D eigenvalue weighted by Crippen LogP contribution is 2.11. The lowest BCUT2D eigenvalue weighted by atomic mass is 10.5. The van der Waals surface area contributed by atoms with Crippen LogP contribution in [0.2, 0.25) is 19.1 Å². The molecule has 84 valence electrons. The van der Waals surface area contributed by atoms with Crippen LogP contribution in [0.5, 0.6) is 0 Å². The number of carbonyl (C=O) groups is 1. The molecule has 0 bridgehead atoms. The Kier molecular flexibility index (Phi) is 6.78. The molecule has 0 unspecified atom stereocenters. The van der Waals surface area contributed by atoms with Crippen molar-refractivity contribution in [2.75, 3.05) is 27.3 Å². The Balaban J connectivity index is 3.34. The highest BCUT2D eigenvalue weighted by molar-refractivity contribution is 6.71. The van der Waals surface area contributed by atoms with Gasteiger partial charge in [0.2, 0.25) is 0 Å². The van der Waals surface area contributed by atoms with E-state index in [4.69, 9.17) is 4.43 Å². The number of nitrogens with one attached hydrogen (secondary N) is 1. The molecule has 4 nitrogen and oxygen atoms in total. The summed E-state index contributed by atoms with van der Waals surface area (Å²) in [5, 5.41) is 3.02. The Hall–Kier alpha value is -0.393. The van der Waals surface area contributed by atoms with Gasteiger partial charge in [0.05, 0.1) is 13.7 Å². The number of ether oxygens (including phenoxy) is 1. The Morgan fingerprint density at radius 3 is 2.50 bits per heavy atom. The maximum Gasteiger partial charge on any atom is 0.319 e. The maximum absolute atomic E-state index is 10.7. The molecular weight excluding hydrogens is 198 g/mol. The van der Waals surface area contributed by atoms with Crippen molar-refractivity contribution in [2.45, 2.75) is 25.6 Å². The smallest absolute Gasteiger partial charge is 0.319 e. The minimum atomic E-state index is -1.42. The van der Waals surface area contributed by atoms with Crippen LogP contribution in [0, 0.1) is 0 Å². The first-order valence-electron chi connectivity index (χ1n) is 4.84. The number of hydrogen-bond acceptors (Lipinski definition) is 4. The van der Waals surface area contributed by atoms with Crippen molar-refractivity contribution in [3.05, 3.63) is 0 Å². The molecule has 0 spiro atoms. The molecule has 0 rings (SSSR count). The van der Waals surface area contributed by atoms with Gasteiger partial charge in [-0.15, -0.1) is 0 Å². The van der Waals surface area contributed by atoms with E-state index in [2.05, 4.69) is 23.1 Å². The molecule has 0 radical (unpaired) electrons. The topological polar surface area (TPSA) is 47.6 Å².